The Bertz CT molecular complexity index is 839. The number of fused-ring (bicyclic) bond motifs is 1. The molecule has 0 spiro atoms. The van der Waals surface area contributed by atoms with Crippen molar-refractivity contribution in [3.8, 4) is 5.75 Å². The van der Waals surface area contributed by atoms with Crippen molar-refractivity contribution < 1.29 is 14.6 Å². The van der Waals surface area contributed by atoms with Crippen LogP contribution >= 0.6 is 0 Å². The van der Waals surface area contributed by atoms with Crippen LogP contribution in [-0.4, -0.2) is 22.7 Å². The summed E-state index contributed by atoms with van der Waals surface area (Å²) in [6.45, 7) is 0. The molecule has 0 saturated carbocycles. The molecule has 7 nitrogen and oxygen atoms in total. The van der Waals surface area contributed by atoms with E-state index in [9.17, 15) is 10.3 Å². The summed E-state index contributed by atoms with van der Waals surface area (Å²) in [5.74, 6) is 0.134. The standard InChI is InChI=1S/C14H10N4O3/c19-14-4-2-1-3-11(14)9-16-15-8-10-5-6-12-13(7-10)18(20)21-17-12/h1-9,19H/b15-8+,16-9+. The summed E-state index contributed by atoms with van der Waals surface area (Å²) in [5.41, 5.74) is 2.05. The quantitative estimate of drug-likeness (QED) is 0.448. The number of rotatable bonds is 3. The lowest BCUT2D eigenvalue weighted by Gasteiger charge is -1.94. The van der Waals surface area contributed by atoms with Crippen molar-refractivity contribution in [1.82, 2.24) is 5.16 Å². The van der Waals surface area contributed by atoms with Crippen molar-refractivity contribution in [1.29, 1.82) is 0 Å². The molecule has 0 saturated heterocycles. The monoisotopic (exact) mass is 282 g/mol. The number of para-hydroxylation sites is 1. The van der Waals surface area contributed by atoms with Gasteiger partial charge in [-0.2, -0.15) is 10.2 Å². The smallest absolute Gasteiger partial charge is 0.248 e. The molecule has 1 N–H and O–H groups in total. The lowest BCUT2D eigenvalue weighted by atomic mass is 10.2. The number of aromatic hydroxyl groups is 1. The molecule has 0 aliphatic rings. The molecule has 104 valence electrons. The second kappa shape index (κ2) is 5.41. The molecule has 0 atom stereocenters. The minimum Gasteiger partial charge on any atom is -0.507 e. The highest BCUT2D eigenvalue weighted by molar-refractivity contribution is 5.87. The van der Waals surface area contributed by atoms with Gasteiger partial charge in [0, 0.05) is 16.8 Å². The largest absolute Gasteiger partial charge is 0.507 e. The van der Waals surface area contributed by atoms with E-state index in [1.165, 1.54) is 12.4 Å². The zero-order chi connectivity index (χ0) is 14.7. The zero-order valence-corrected chi connectivity index (χ0v) is 10.7. The molecule has 21 heavy (non-hydrogen) atoms. The van der Waals surface area contributed by atoms with E-state index in [1.807, 2.05) is 0 Å². The summed E-state index contributed by atoms with van der Waals surface area (Å²) in [6, 6.07) is 11.8. The van der Waals surface area contributed by atoms with Crippen LogP contribution in [0.1, 0.15) is 11.1 Å². The zero-order valence-electron chi connectivity index (χ0n) is 10.7. The molecule has 0 unspecified atom stereocenters. The van der Waals surface area contributed by atoms with Crippen molar-refractivity contribution >= 4 is 23.5 Å². The molecule has 0 fully saturated rings. The van der Waals surface area contributed by atoms with Gasteiger partial charge in [-0.1, -0.05) is 12.1 Å². The number of phenols is 1. The summed E-state index contributed by atoms with van der Waals surface area (Å²) in [6.07, 6.45) is 2.93. The van der Waals surface area contributed by atoms with E-state index in [1.54, 1.807) is 42.5 Å². The van der Waals surface area contributed by atoms with Crippen LogP contribution in [0.25, 0.3) is 11.0 Å². The van der Waals surface area contributed by atoms with E-state index in [4.69, 9.17) is 0 Å². The lowest BCUT2D eigenvalue weighted by molar-refractivity contribution is -0.782. The molecule has 1 aromatic heterocycles. The second-order valence-corrected chi connectivity index (χ2v) is 4.23. The van der Waals surface area contributed by atoms with Gasteiger partial charge < -0.3 is 10.3 Å². The van der Waals surface area contributed by atoms with E-state index in [0.29, 0.717) is 27.1 Å². The maximum Gasteiger partial charge on any atom is 0.248 e. The molecule has 3 aromatic rings. The van der Waals surface area contributed by atoms with E-state index in [2.05, 4.69) is 20.0 Å². The van der Waals surface area contributed by atoms with Crippen LogP contribution in [0.15, 0.2) is 57.3 Å². The number of aromatic nitrogens is 2. The van der Waals surface area contributed by atoms with Gasteiger partial charge in [-0.15, -0.1) is 0 Å². The van der Waals surface area contributed by atoms with Crippen LogP contribution in [0, 0.1) is 5.21 Å². The van der Waals surface area contributed by atoms with Gasteiger partial charge in [-0.3, -0.25) is 4.63 Å². The van der Waals surface area contributed by atoms with Crippen LogP contribution in [0.4, 0.5) is 0 Å². The summed E-state index contributed by atoms with van der Waals surface area (Å²) in [4.78, 5) is 0.331. The number of hydrogen-bond donors (Lipinski definition) is 1. The molecular weight excluding hydrogens is 272 g/mol. The average molecular weight is 282 g/mol. The Morgan fingerprint density at radius 3 is 2.81 bits per heavy atom. The van der Waals surface area contributed by atoms with E-state index in [-0.39, 0.29) is 5.75 Å². The Morgan fingerprint density at radius 2 is 1.95 bits per heavy atom. The normalized spacial score (nSPS) is 11.8. The van der Waals surface area contributed by atoms with Crippen molar-refractivity contribution in [2.75, 3.05) is 0 Å². The fraction of sp³-hybridized carbons (Fsp3) is 0. The van der Waals surface area contributed by atoms with E-state index < -0.39 is 0 Å². The van der Waals surface area contributed by atoms with Gasteiger partial charge >= 0.3 is 0 Å². The first kappa shape index (κ1) is 12.8. The predicted molar refractivity (Wildman–Crippen MR) is 76.3 cm³/mol. The highest BCUT2D eigenvalue weighted by Gasteiger charge is 2.08. The summed E-state index contributed by atoms with van der Waals surface area (Å²) < 4.78 is 4.48. The minimum atomic E-state index is 0.134. The molecule has 0 amide bonds. The highest BCUT2D eigenvalue weighted by Crippen LogP contribution is 2.13. The molecule has 7 heteroatoms. The summed E-state index contributed by atoms with van der Waals surface area (Å²) >= 11 is 0. The Balaban J connectivity index is 1.78. The summed E-state index contributed by atoms with van der Waals surface area (Å²) in [5, 5.41) is 32.1. The predicted octanol–water partition coefficient (Wildman–Crippen LogP) is 1.62. The Kier molecular flexibility index (Phi) is 3.30. The Hall–Kier alpha value is -3.22. The topological polar surface area (TPSA) is 97.9 Å². The van der Waals surface area contributed by atoms with Crippen molar-refractivity contribution in [3.05, 3.63) is 58.8 Å². The third kappa shape index (κ3) is 2.71. The van der Waals surface area contributed by atoms with Crippen molar-refractivity contribution in [3.63, 3.8) is 0 Å². The van der Waals surface area contributed by atoms with Crippen LogP contribution in [0.5, 0.6) is 5.75 Å². The first-order valence-corrected chi connectivity index (χ1v) is 6.08. The van der Waals surface area contributed by atoms with Gasteiger partial charge in [0.15, 0.2) is 0 Å². The Morgan fingerprint density at radius 1 is 1.14 bits per heavy atom. The van der Waals surface area contributed by atoms with Crippen LogP contribution in [0.2, 0.25) is 0 Å². The number of nitrogens with zero attached hydrogens (tertiary/aromatic N) is 4. The van der Waals surface area contributed by atoms with Gasteiger partial charge in [-0.05, 0) is 34.7 Å². The molecule has 0 radical (unpaired) electrons. The maximum atomic E-state index is 11.3. The molecule has 0 aliphatic carbocycles. The molecule has 3 rings (SSSR count). The Labute approximate surface area is 119 Å². The van der Waals surface area contributed by atoms with Gasteiger partial charge in [0.25, 0.3) is 0 Å². The number of benzene rings is 2. The third-order valence-electron chi connectivity index (χ3n) is 2.82. The average Bonchev–Trinajstić information content (AvgIpc) is 2.86. The van der Waals surface area contributed by atoms with Gasteiger partial charge in [0.05, 0.1) is 12.4 Å². The first-order valence-electron chi connectivity index (χ1n) is 6.08. The van der Waals surface area contributed by atoms with E-state index >= 15 is 0 Å². The van der Waals surface area contributed by atoms with Gasteiger partial charge in [0.1, 0.15) is 5.75 Å². The van der Waals surface area contributed by atoms with Crippen LogP contribution < -0.4 is 4.90 Å². The molecule has 0 aliphatic heterocycles. The number of hydrogen-bond acceptors (Lipinski definition) is 6. The molecule has 0 bridgehead atoms. The summed E-state index contributed by atoms with van der Waals surface area (Å²) in [7, 11) is 0. The van der Waals surface area contributed by atoms with Crippen LogP contribution in [-0.2, 0) is 0 Å². The third-order valence-corrected chi connectivity index (χ3v) is 2.82. The molecule has 2 aromatic carbocycles. The lowest BCUT2D eigenvalue weighted by Crippen LogP contribution is -2.22. The fourth-order valence-corrected chi connectivity index (χ4v) is 1.76. The molecule has 1 heterocycles. The van der Waals surface area contributed by atoms with Crippen molar-refractivity contribution in [2.45, 2.75) is 0 Å². The fourth-order valence-electron chi connectivity index (χ4n) is 1.76. The molecular formula is C14H10N4O3. The van der Waals surface area contributed by atoms with Gasteiger partial charge in [-0.25, -0.2) is 0 Å². The van der Waals surface area contributed by atoms with Crippen molar-refractivity contribution in [2.24, 2.45) is 10.2 Å². The van der Waals surface area contributed by atoms with E-state index in [0.717, 1.165) is 0 Å². The number of phenolic OH excluding ortho intramolecular Hbond substituents is 1. The highest BCUT2D eigenvalue weighted by atomic mass is 16.8. The van der Waals surface area contributed by atoms with Crippen LogP contribution in [0.3, 0.4) is 0 Å². The first-order chi connectivity index (χ1) is 10.2. The second-order valence-electron chi connectivity index (χ2n) is 4.23. The van der Waals surface area contributed by atoms with Gasteiger partial charge in [0.2, 0.25) is 11.0 Å². The minimum absolute atomic E-state index is 0.134. The maximum absolute atomic E-state index is 11.3. The SMILES string of the molecule is [O-][n+]1onc2ccc(/C=N/N=C/c3ccccc3O)cc21.